The number of aliphatic hydroxyl groups excluding tert-OH is 1. The molecule has 0 spiro atoms. The van der Waals surface area contributed by atoms with Gasteiger partial charge in [0, 0.05) is 19.7 Å². The number of aliphatic hydroxyl groups is 1. The second-order valence-corrected chi connectivity index (χ2v) is 2.44. The van der Waals surface area contributed by atoms with E-state index in [1.165, 1.54) is 0 Å². The number of hydrogen-bond donors (Lipinski definition) is 1. The van der Waals surface area contributed by atoms with Gasteiger partial charge in [0.25, 0.3) is 0 Å². The average molecular weight is 141 g/mol. The van der Waals surface area contributed by atoms with Gasteiger partial charge in [-0.25, -0.2) is 0 Å². The normalized spacial score (nSPS) is 13.5. The lowest BCUT2D eigenvalue weighted by Gasteiger charge is -1.96. The Morgan fingerprint density at radius 1 is 1.80 bits per heavy atom. The lowest BCUT2D eigenvalue weighted by atomic mass is 10.2. The molecule has 0 unspecified atom stereocenters. The Labute approximate surface area is 59.5 Å². The SMILES string of the molecule is C[C@@H](O)Cc1cn(C)nn1. The second-order valence-electron chi connectivity index (χ2n) is 2.44. The summed E-state index contributed by atoms with van der Waals surface area (Å²) in [5.74, 6) is 0. The van der Waals surface area contributed by atoms with Gasteiger partial charge >= 0.3 is 0 Å². The molecule has 1 rings (SSSR count). The number of rotatable bonds is 2. The zero-order valence-electron chi connectivity index (χ0n) is 6.15. The van der Waals surface area contributed by atoms with Crippen LogP contribution < -0.4 is 0 Å². The third-order valence-electron chi connectivity index (χ3n) is 1.15. The standard InChI is InChI=1S/C6H11N3O/c1-5(10)3-6-4-9(2)8-7-6/h4-5,10H,3H2,1-2H3/t5-/m1/s1. The highest BCUT2D eigenvalue weighted by atomic mass is 16.3. The van der Waals surface area contributed by atoms with Crippen molar-refractivity contribution in [2.24, 2.45) is 7.05 Å². The maximum absolute atomic E-state index is 8.94. The molecule has 0 amide bonds. The van der Waals surface area contributed by atoms with E-state index in [9.17, 15) is 0 Å². The first kappa shape index (κ1) is 7.21. The lowest BCUT2D eigenvalue weighted by molar-refractivity contribution is 0.194. The van der Waals surface area contributed by atoms with Crippen molar-refractivity contribution in [3.05, 3.63) is 11.9 Å². The molecule has 0 radical (unpaired) electrons. The molecular formula is C6H11N3O. The number of aromatic nitrogens is 3. The molecule has 4 nitrogen and oxygen atoms in total. The molecule has 1 heterocycles. The lowest BCUT2D eigenvalue weighted by Crippen LogP contribution is -2.04. The van der Waals surface area contributed by atoms with Crippen molar-refractivity contribution in [3.63, 3.8) is 0 Å². The summed E-state index contributed by atoms with van der Waals surface area (Å²) in [5, 5.41) is 16.5. The topological polar surface area (TPSA) is 50.9 Å². The van der Waals surface area contributed by atoms with Crippen molar-refractivity contribution in [1.82, 2.24) is 15.0 Å². The smallest absolute Gasteiger partial charge is 0.0852 e. The Hall–Kier alpha value is -0.900. The molecule has 4 heteroatoms. The Kier molecular flexibility index (Phi) is 2.01. The monoisotopic (exact) mass is 141 g/mol. The molecule has 0 aliphatic heterocycles. The molecular weight excluding hydrogens is 130 g/mol. The van der Waals surface area contributed by atoms with Crippen LogP contribution >= 0.6 is 0 Å². The van der Waals surface area contributed by atoms with Crippen LogP contribution in [0.15, 0.2) is 6.20 Å². The minimum atomic E-state index is -0.336. The molecule has 0 fully saturated rings. The molecule has 1 aromatic heterocycles. The van der Waals surface area contributed by atoms with Crippen molar-refractivity contribution in [2.75, 3.05) is 0 Å². The predicted molar refractivity (Wildman–Crippen MR) is 36.4 cm³/mol. The summed E-state index contributed by atoms with van der Waals surface area (Å²) in [6.07, 6.45) is 2.04. The molecule has 0 aromatic carbocycles. The molecule has 0 aliphatic carbocycles. The van der Waals surface area contributed by atoms with E-state index in [1.54, 1.807) is 24.9 Å². The average Bonchev–Trinajstić information content (AvgIpc) is 2.13. The molecule has 0 saturated carbocycles. The third kappa shape index (κ3) is 1.80. The van der Waals surface area contributed by atoms with Gasteiger partial charge in [-0.2, -0.15) is 0 Å². The predicted octanol–water partition coefficient (Wildman–Crippen LogP) is -0.262. The number of hydrogen-bond acceptors (Lipinski definition) is 3. The maximum Gasteiger partial charge on any atom is 0.0852 e. The van der Waals surface area contributed by atoms with Crippen molar-refractivity contribution >= 4 is 0 Å². The minimum Gasteiger partial charge on any atom is -0.393 e. The summed E-state index contributed by atoms with van der Waals surface area (Å²) < 4.78 is 1.62. The fourth-order valence-corrected chi connectivity index (χ4v) is 0.791. The third-order valence-corrected chi connectivity index (χ3v) is 1.15. The van der Waals surface area contributed by atoms with Gasteiger partial charge in [0.1, 0.15) is 0 Å². The first-order chi connectivity index (χ1) is 4.68. The van der Waals surface area contributed by atoms with Crippen molar-refractivity contribution in [1.29, 1.82) is 0 Å². The van der Waals surface area contributed by atoms with E-state index >= 15 is 0 Å². The van der Waals surface area contributed by atoms with Gasteiger partial charge < -0.3 is 5.11 Å². The first-order valence-corrected chi connectivity index (χ1v) is 3.22. The summed E-state index contributed by atoms with van der Waals surface area (Å²) in [4.78, 5) is 0. The summed E-state index contributed by atoms with van der Waals surface area (Å²) in [6.45, 7) is 1.73. The fraction of sp³-hybridized carbons (Fsp3) is 0.667. The highest BCUT2D eigenvalue weighted by Gasteiger charge is 2.01. The van der Waals surface area contributed by atoms with E-state index in [0.717, 1.165) is 5.69 Å². The van der Waals surface area contributed by atoms with Gasteiger partial charge in [-0.15, -0.1) is 5.10 Å². The molecule has 1 atom stereocenters. The van der Waals surface area contributed by atoms with Gasteiger partial charge in [0.2, 0.25) is 0 Å². The molecule has 1 aromatic rings. The van der Waals surface area contributed by atoms with Gasteiger partial charge in [-0.1, -0.05) is 5.21 Å². The van der Waals surface area contributed by atoms with E-state index < -0.39 is 0 Å². The van der Waals surface area contributed by atoms with E-state index in [1.807, 2.05) is 0 Å². The van der Waals surface area contributed by atoms with Crippen molar-refractivity contribution < 1.29 is 5.11 Å². The molecule has 0 aliphatic rings. The Balaban J connectivity index is 2.58. The van der Waals surface area contributed by atoms with Gasteiger partial charge in [0.15, 0.2) is 0 Å². The van der Waals surface area contributed by atoms with Crippen LogP contribution in [0.1, 0.15) is 12.6 Å². The van der Waals surface area contributed by atoms with Crippen LogP contribution in [0.5, 0.6) is 0 Å². The minimum absolute atomic E-state index is 0.336. The maximum atomic E-state index is 8.94. The quantitative estimate of drug-likeness (QED) is 0.617. The largest absolute Gasteiger partial charge is 0.393 e. The summed E-state index contributed by atoms with van der Waals surface area (Å²) >= 11 is 0. The molecule has 1 N–H and O–H groups in total. The Morgan fingerprint density at radius 2 is 2.50 bits per heavy atom. The van der Waals surface area contributed by atoms with E-state index in [4.69, 9.17) is 5.11 Å². The summed E-state index contributed by atoms with van der Waals surface area (Å²) in [6, 6.07) is 0. The molecule has 10 heavy (non-hydrogen) atoms. The molecule has 0 saturated heterocycles. The van der Waals surface area contributed by atoms with Gasteiger partial charge in [0.05, 0.1) is 11.8 Å². The van der Waals surface area contributed by atoms with Crippen molar-refractivity contribution in [3.8, 4) is 0 Å². The second kappa shape index (κ2) is 2.79. The van der Waals surface area contributed by atoms with Gasteiger partial charge in [-0.05, 0) is 6.92 Å². The van der Waals surface area contributed by atoms with Crippen LogP contribution in [0.3, 0.4) is 0 Å². The van der Waals surface area contributed by atoms with Crippen LogP contribution in [0.2, 0.25) is 0 Å². The van der Waals surface area contributed by atoms with Crippen molar-refractivity contribution in [2.45, 2.75) is 19.4 Å². The first-order valence-electron chi connectivity index (χ1n) is 3.22. The van der Waals surface area contributed by atoms with E-state index in [2.05, 4.69) is 10.3 Å². The van der Waals surface area contributed by atoms with Crippen LogP contribution in [0, 0.1) is 0 Å². The van der Waals surface area contributed by atoms with Crippen LogP contribution in [-0.4, -0.2) is 26.2 Å². The molecule has 56 valence electrons. The Morgan fingerprint density at radius 3 is 2.90 bits per heavy atom. The summed E-state index contributed by atoms with van der Waals surface area (Å²) in [7, 11) is 1.80. The highest BCUT2D eigenvalue weighted by molar-refractivity contribution is 4.92. The number of nitrogens with zero attached hydrogens (tertiary/aromatic N) is 3. The fourth-order valence-electron chi connectivity index (χ4n) is 0.791. The highest BCUT2D eigenvalue weighted by Crippen LogP contribution is 1.95. The molecule has 0 bridgehead atoms. The summed E-state index contributed by atoms with van der Waals surface area (Å²) in [5.41, 5.74) is 0.831. The van der Waals surface area contributed by atoms with Crippen LogP contribution in [-0.2, 0) is 13.5 Å². The van der Waals surface area contributed by atoms with E-state index in [-0.39, 0.29) is 6.10 Å². The van der Waals surface area contributed by atoms with Crippen LogP contribution in [0.4, 0.5) is 0 Å². The van der Waals surface area contributed by atoms with Gasteiger partial charge in [-0.3, -0.25) is 4.68 Å². The Bertz CT molecular complexity index is 207. The zero-order chi connectivity index (χ0) is 7.56. The van der Waals surface area contributed by atoms with E-state index in [0.29, 0.717) is 6.42 Å². The van der Waals surface area contributed by atoms with Crippen LogP contribution in [0.25, 0.3) is 0 Å². The number of aryl methyl sites for hydroxylation is 1. The zero-order valence-corrected chi connectivity index (χ0v) is 6.15.